The Hall–Kier alpha value is -1.87. The maximum Gasteiger partial charge on any atom is 0.336 e. The Morgan fingerprint density at radius 2 is 1.89 bits per heavy atom. The van der Waals surface area contributed by atoms with Gasteiger partial charge in [0, 0.05) is 10.5 Å². The lowest BCUT2D eigenvalue weighted by Crippen LogP contribution is -2.03. The van der Waals surface area contributed by atoms with E-state index in [4.69, 9.17) is 4.74 Å². The van der Waals surface area contributed by atoms with Gasteiger partial charge in [0.05, 0.1) is 0 Å². The predicted molar refractivity (Wildman–Crippen MR) is 80.0 cm³/mol. The highest BCUT2D eigenvalue weighted by Crippen LogP contribution is 2.21. The molecule has 2 aromatic carbocycles. The van der Waals surface area contributed by atoms with Crippen molar-refractivity contribution < 1.29 is 9.53 Å². The first-order chi connectivity index (χ1) is 9.15. The molecule has 0 atom stereocenters. The van der Waals surface area contributed by atoms with Crippen molar-refractivity contribution in [2.24, 2.45) is 0 Å². The van der Waals surface area contributed by atoms with Crippen LogP contribution < -0.4 is 4.74 Å². The molecule has 0 aliphatic carbocycles. The number of halogens is 1. The fourth-order valence-electron chi connectivity index (χ4n) is 1.56. The van der Waals surface area contributed by atoms with E-state index in [1.807, 2.05) is 49.4 Å². The van der Waals surface area contributed by atoms with Crippen LogP contribution in [0.15, 0.2) is 59.1 Å². The highest BCUT2D eigenvalue weighted by molar-refractivity contribution is 9.10. The van der Waals surface area contributed by atoms with Crippen LogP contribution in [-0.4, -0.2) is 5.97 Å². The number of aryl methyl sites for hydroxylation is 1. The summed E-state index contributed by atoms with van der Waals surface area (Å²) >= 11 is 3.40. The van der Waals surface area contributed by atoms with Crippen molar-refractivity contribution >= 4 is 28.0 Å². The summed E-state index contributed by atoms with van der Waals surface area (Å²) in [5.41, 5.74) is 1.99. The van der Waals surface area contributed by atoms with Crippen LogP contribution in [0.1, 0.15) is 11.1 Å². The molecule has 0 aliphatic rings. The number of carbonyl (C=O) groups is 1. The van der Waals surface area contributed by atoms with E-state index in [1.54, 1.807) is 12.1 Å². The lowest BCUT2D eigenvalue weighted by atomic mass is 10.2. The average molecular weight is 317 g/mol. The highest BCUT2D eigenvalue weighted by atomic mass is 79.9. The molecular weight excluding hydrogens is 304 g/mol. The molecule has 0 unspecified atom stereocenters. The van der Waals surface area contributed by atoms with Crippen LogP contribution >= 0.6 is 15.9 Å². The second-order valence-corrected chi connectivity index (χ2v) is 4.93. The van der Waals surface area contributed by atoms with Gasteiger partial charge in [0.2, 0.25) is 0 Å². The Morgan fingerprint density at radius 1 is 1.16 bits per heavy atom. The van der Waals surface area contributed by atoms with Crippen LogP contribution in [0.5, 0.6) is 5.75 Å². The summed E-state index contributed by atoms with van der Waals surface area (Å²) < 4.78 is 6.22. The molecule has 3 heteroatoms. The van der Waals surface area contributed by atoms with Crippen LogP contribution in [0.2, 0.25) is 0 Å². The molecule has 0 aromatic heterocycles. The number of esters is 1. The van der Waals surface area contributed by atoms with E-state index >= 15 is 0 Å². The summed E-state index contributed by atoms with van der Waals surface area (Å²) in [7, 11) is 0. The molecule has 0 spiro atoms. The van der Waals surface area contributed by atoms with E-state index in [1.165, 1.54) is 6.08 Å². The summed E-state index contributed by atoms with van der Waals surface area (Å²) in [6.45, 7) is 1.95. The van der Waals surface area contributed by atoms with Gasteiger partial charge in [-0.15, -0.1) is 0 Å². The minimum Gasteiger partial charge on any atom is -0.423 e. The zero-order valence-electron chi connectivity index (χ0n) is 10.5. The minimum atomic E-state index is -0.384. The Balaban J connectivity index is 2.01. The van der Waals surface area contributed by atoms with Crippen LogP contribution in [0.3, 0.4) is 0 Å². The topological polar surface area (TPSA) is 26.3 Å². The third-order valence-electron chi connectivity index (χ3n) is 2.56. The molecule has 0 bridgehead atoms. The zero-order chi connectivity index (χ0) is 13.7. The Kier molecular flexibility index (Phi) is 4.53. The molecule has 2 aromatic rings. The number of carbonyl (C=O) groups excluding carboxylic acids is 1. The molecule has 96 valence electrons. The summed E-state index contributed by atoms with van der Waals surface area (Å²) in [6.07, 6.45) is 3.15. The lowest BCUT2D eigenvalue weighted by Gasteiger charge is -2.03. The summed E-state index contributed by atoms with van der Waals surface area (Å²) in [6, 6.07) is 15.1. The first-order valence-corrected chi connectivity index (χ1v) is 6.65. The molecule has 2 rings (SSSR count). The van der Waals surface area contributed by atoms with Gasteiger partial charge in [-0.1, -0.05) is 46.3 Å². The Bertz CT molecular complexity index is 603. The van der Waals surface area contributed by atoms with Gasteiger partial charge in [-0.05, 0) is 42.3 Å². The fourth-order valence-corrected chi connectivity index (χ4v) is 1.81. The van der Waals surface area contributed by atoms with Crippen molar-refractivity contribution in [3.8, 4) is 5.75 Å². The summed E-state index contributed by atoms with van der Waals surface area (Å²) in [5.74, 6) is 0.161. The number of ether oxygens (including phenoxy) is 1. The van der Waals surface area contributed by atoms with Crippen molar-refractivity contribution in [3.05, 3.63) is 70.2 Å². The third-order valence-corrected chi connectivity index (χ3v) is 3.45. The standard InChI is InChI=1S/C16H13BrO2/c1-12-11-14(8-9-15(12)17)19-16(18)10-7-13-5-3-2-4-6-13/h2-11H,1H3. The van der Waals surface area contributed by atoms with Crippen molar-refractivity contribution in [2.45, 2.75) is 6.92 Å². The number of benzene rings is 2. The van der Waals surface area contributed by atoms with Gasteiger partial charge in [-0.3, -0.25) is 0 Å². The third kappa shape index (κ3) is 4.07. The molecule has 0 aliphatic heterocycles. The van der Waals surface area contributed by atoms with Crippen molar-refractivity contribution in [2.75, 3.05) is 0 Å². The Morgan fingerprint density at radius 3 is 2.58 bits per heavy atom. The second kappa shape index (κ2) is 6.34. The first kappa shape index (κ1) is 13.6. The molecule has 0 fully saturated rings. The van der Waals surface area contributed by atoms with Gasteiger partial charge in [-0.25, -0.2) is 4.79 Å². The van der Waals surface area contributed by atoms with E-state index in [0.29, 0.717) is 5.75 Å². The van der Waals surface area contributed by atoms with Crippen LogP contribution in [0, 0.1) is 6.92 Å². The summed E-state index contributed by atoms with van der Waals surface area (Å²) in [5, 5.41) is 0. The van der Waals surface area contributed by atoms with Gasteiger partial charge < -0.3 is 4.74 Å². The molecule has 0 heterocycles. The zero-order valence-corrected chi connectivity index (χ0v) is 12.1. The first-order valence-electron chi connectivity index (χ1n) is 5.86. The van der Waals surface area contributed by atoms with Crippen LogP contribution in [0.25, 0.3) is 6.08 Å². The van der Waals surface area contributed by atoms with Gasteiger partial charge in [-0.2, -0.15) is 0 Å². The average Bonchev–Trinajstić information content (AvgIpc) is 2.42. The maximum absolute atomic E-state index is 11.7. The number of hydrogen-bond donors (Lipinski definition) is 0. The molecule has 0 saturated heterocycles. The molecule has 2 nitrogen and oxygen atoms in total. The normalized spacial score (nSPS) is 10.6. The number of hydrogen-bond acceptors (Lipinski definition) is 2. The molecule has 0 saturated carbocycles. The molecule has 0 amide bonds. The second-order valence-electron chi connectivity index (χ2n) is 4.08. The maximum atomic E-state index is 11.7. The number of rotatable bonds is 3. The highest BCUT2D eigenvalue weighted by Gasteiger charge is 2.02. The molecule has 0 radical (unpaired) electrons. The van der Waals surface area contributed by atoms with Crippen molar-refractivity contribution in [3.63, 3.8) is 0 Å². The van der Waals surface area contributed by atoms with E-state index in [0.717, 1.165) is 15.6 Å². The quantitative estimate of drug-likeness (QED) is 0.477. The van der Waals surface area contributed by atoms with Crippen molar-refractivity contribution in [1.82, 2.24) is 0 Å². The molecular formula is C16H13BrO2. The lowest BCUT2D eigenvalue weighted by molar-refractivity contribution is -0.128. The Labute approximate surface area is 120 Å². The van der Waals surface area contributed by atoms with E-state index in [-0.39, 0.29) is 5.97 Å². The van der Waals surface area contributed by atoms with E-state index < -0.39 is 0 Å². The van der Waals surface area contributed by atoms with Gasteiger partial charge in [0.25, 0.3) is 0 Å². The van der Waals surface area contributed by atoms with Crippen molar-refractivity contribution in [1.29, 1.82) is 0 Å². The summed E-state index contributed by atoms with van der Waals surface area (Å²) in [4.78, 5) is 11.7. The van der Waals surface area contributed by atoms with Gasteiger partial charge >= 0.3 is 5.97 Å². The SMILES string of the molecule is Cc1cc(OC(=O)C=Cc2ccccc2)ccc1Br. The van der Waals surface area contributed by atoms with Gasteiger partial charge in [0.1, 0.15) is 5.75 Å². The van der Waals surface area contributed by atoms with Gasteiger partial charge in [0.15, 0.2) is 0 Å². The molecule has 0 N–H and O–H groups in total. The molecule has 19 heavy (non-hydrogen) atoms. The smallest absolute Gasteiger partial charge is 0.336 e. The minimum absolute atomic E-state index is 0.384. The van der Waals surface area contributed by atoms with E-state index in [2.05, 4.69) is 15.9 Å². The largest absolute Gasteiger partial charge is 0.423 e. The monoisotopic (exact) mass is 316 g/mol. The van der Waals surface area contributed by atoms with Crippen LogP contribution in [-0.2, 0) is 4.79 Å². The van der Waals surface area contributed by atoms with Crippen LogP contribution in [0.4, 0.5) is 0 Å². The predicted octanol–water partition coefficient (Wildman–Crippen LogP) is 4.38. The fraction of sp³-hybridized carbons (Fsp3) is 0.0625. The van der Waals surface area contributed by atoms with E-state index in [9.17, 15) is 4.79 Å².